The Morgan fingerprint density at radius 1 is 1.40 bits per heavy atom. The van der Waals surface area contributed by atoms with Gasteiger partial charge in [-0.15, -0.1) is 12.4 Å². The minimum Gasteiger partial charge on any atom is -0.322 e. The van der Waals surface area contributed by atoms with Crippen LogP contribution in [0.1, 0.15) is 33.6 Å². The van der Waals surface area contributed by atoms with Crippen LogP contribution in [0, 0.1) is 0 Å². The van der Waals surface area contributed by atoms with Crippen molar-refractivity contribution < 1.29 is 0 Å². The van der Waals surface area contributed by atoms with Crippen molar-refractivity contribution in [2.45, 2.75) is 39.2 Å². The van der Waals surface area contributed by atoms with E-state index in [9.17, 15) is 0 Å². The SMILES string of the molecule is C=C(C)C(N)(CC)CC.Cl. The number of nitrogens with two attached hydrogens (primary N) is 1. The first-order valence-electron chi connectivity index (χ1n) is 3.51. The quantitative estimate of drug-likeness (QED) is 0.636. The zero-order chi connectivity index (χ0) is 7.49. The standard InChI is InChI=1S/C8H17N.ClH/c1-5-8(9,6-2)7(3)4;/h3,5-6,9H2,1-2,4H3;1H. The molecule has 0 rings (SSSR count). The van der Waals surface area contributed by atoms with Gasteiger partial charge >= 0.3 is 0 Å². The Kier molecular flexibility index (Phi) is 6.01. The molecule has 0 saturated carbocycles. The van der Waals surface area contributed by atoms with Crippen LogP contribution in [0.4, 0.5) is 0 Å². The average Bonchev–Trinajstić information content (AvgIpc) is 1.86. The summed E-state index contributed by atoms with van der Waals surface area (Å²) in [6.45, 7) is 10.0. The highest BCUT2D eigenvalue weighted by Gasteiger charge is 2.19. The summed E-state index contributed by atoms with van der Waals surface area (Å²) in [5.74, 6) is 0. The molecule has 0 aliphatic heterocycles. The van der Waals surface area contributed by atoms with E-state index in [0.29, 0.717) is 0 Å². The van der Waals surface area contributed by atoms with E-state index in [-0.39, 0.29) is 17.9 Å². The molecule has 0 aromatic rings. The second-order valence-corrected chi connectivity index (χ2v) is 2.64. The summed E-state index contributed by atoms with van der Waals surface area (Å²) in [6, 6.07) is 0. The second-order valence-electron chi connectivity index (χ2n) is 2.64. The minimum atomic E-state index is -0.111. The van der Waals surface area contributed by atoms with Crippen LogP contribution in [0.25, 0.3) is 0 Å². The van der Waals surface area contributed by atoms with E-state index in [1.54, 1.807) is 0 Å². The number of halogens is 1. The predicted octanol–water partition coefficient (Wildman–Crippen LogP) is 2.50. The molecular formula is C8H18ClN. The Labute approximate surface area is 70.1 Å². The summed E-state index contributed by atoms with van der Waals surface area (Å²) >= 11 is 0. The van der Waals surface area contributed by atoms with E-state index in [2.05, 4.69) is 20.4 Å². The maximum absolute atomic E-state index is 5.94. The molecule has 0 aromatic heterocycles. The highest BCUT2D eigenvalue weighted by molar-refractivity contribution is 5.85. The van der Waals surface area contributed by atoms with Crippen LogP contribution >= 0.6 is 12.4 Å². The average molecular weight is 164 g/mol. The van der Waals surface area contributed by atoms with Crippen LogP contribution in [0.5, 0.6) is 0 Å². The molecule has 0 saturated heterocycles. The summed E-state index contributed by atoms with van der Waals surface area (Å²) in [6.07, 6.45) is 1.97. The molecule has 0 fully saturated rings. The lowest BCUT2D eigenvalue weighted by Crippen LogP contribution is -2.38. The van der Waals surface area contributed by atoms with Gasteiger partial charge < -0.3 is 5.73 Å². The zero-order valence-electron chi connectivity index (χ0n) is 7.11. The Bertz CT molecular complexity index is 106. The van der Waals surface area contributed by atoms with Crippen molar-refractivity contribution in [2.75, 3.05) is 0 Å². The molecule has 1 nitrogen and oxygen atoms in total. The molecule has 0 aromatic carbocycles. The van der Waals surface area contributed by atoms with Gasteiger partial charge in [0, 0.05) is 5.54 Å². The van der Waals surface area contributed by atoms with Crippen LogP contribution < -0.4 is 5.73 Å². The minimum absolute atomic E-state index is 0. The lowest BCUT2D eigenvalue weighted by Gasteiger charge is -2.26. The molecule has 2 N–H and O–H groups in total. The summed E-state index contributed by atoms with van der Waals surface area (Å²) in [5, 5.41) is 0. The highest BCUT2D eigenvalue weighted by atomic mass is 35.5. The first kappa shape index (κ1) is 12.6. The van der Waals surface area contributed by atoms with Crippen molar-refractivity contribution in [3.8, 4) is 0 Å². The van der Waals surface area contributed by atoms with Crippen molar-refractivity contribution in [1.29, 1.82) is 0 Å². The van der Waals surface area contributed by atoms with Gasteiger partial charge in [0.05, 0.1) is 0 Å². The molecule has 0 aliphatic carbocycles. The molecule has 0 aliphatic rings. The van der Waals surface area contributed by atoms with Crippen LogP contribution in [-0.4, -0.2) is 5.54 Å². The summed E-state index contributed by atoms with van der Waals surface area (Å²) in [7, 11) is 0. The molecule has 10 heavy (non-hydrogen) atoms. The van der Waals surface area contributed by atoms with Crippen LogP contribution in [0.3, 0.4) is 0 Å². The monoisotopic (exact) mass is 163 g/mol. The van der Waals surface area contributed by atoms with Crippen LogP contribution in [0.15, 0.2) is 12.2 Å². The smallest absolute Gasteiger partial charge is 0.0358 e. The van der Waals surface area contributed by atoms with E-state index in [0.717, 1.165) is 18.4 Å². The van der Waals surface area contributed by atoms with Crippen molar-refractivity contribution in [2.24, 2.45) is 5.73 Å². The van der Waals surface area contributed by atoms with E-state index in [1.807, 2.05) is 6.92 Å². The van der Waals surface area contributed by atoms with Gasteiger partial charge in [0.1, 0.15) is 0 Å². The fourth-order valence-electron chi connectivity index (χ4n) is 0.854. The number of hydrogen-bond acceptors (Lipinski definition) is 1. The van der Waals surface area contributed by atoms with E-state index < -0.39 is 0 Å². The van der Waals surface area contributed by atoms with Gasteiger partial charge in [0.25, 0.3) is 0 Å². The van der Waals surface area contributed by atoms with Gasteiger partial charge in [-0.2, -0.15) is 0 Å². The maximum Gasteiger partial charge on any atom is 0.0358 e. The molecule has 2 heteroatoms. The molecule has 0 bridgehead atoms. The Balaban J connectivity index is 0. The van der Waals surface area contributed by atoms with Crippen molar-refractivity contribution in [3.05, 3.63) is 12.2 Å². The fraction of sp³-hybridized carbons (Fsp3) is 0.750. The van der Waals surface area contributed by atoms with Gasteiger partial charge in [-0.3, -0.25) is 0 Å². The fourth-order valence-corrected chi connectivity index (χ4v) is 0.854. The second kappa shape index (κ2) is 4.75. The van der Waals surface area contributed by atoms with Crippen molar-refractivity contribution >= 4 is 12.4 Å². The molecule has 0 radical (unpaired) electrons. The molecule has 0 unspecified atom stereocenters. The lowest BCUT2D eigenvalue weighted by atomic mass is 9.88. The molecule has 62 valence electrons. The lowest BCUT2D eigenvalue weighted by molar-refractivity contribution is 0.466. The Hall–Kier alpha value is -0.0100. The topological polar surface area (TPSA) is 26.0 Å². The van der Waals surface area contributed by atoms with E-state index >= 15 is 0 Å². The predicted molar refractivity (Wildman–Crippen MR) is 49.6 cm³/mol. The van der Waals surface area contributed by atoms with Crippen LogP contribution in [-0.2, 0) is 0 Å². The van der Waals surface area contributed by atoms with E-state index in [1.165, 1.54) is 0 Å². The van der Waals surface area contributed by atoms with Gasteiger partial charge in [0.15, 0.2) is 0 Å². The highest BCUT2D eigenvalue weighted by Crippen LogP contribution is 2.18. The summed E-state index contributed by atoms with van der Waals surface area (Å²) < 4.78 is 0. The first-order valence-corrected chi connectivity index (χ1v) is 3.51. The number of hydrogen-bond donors (Lipinski definition) is 1. The van der Waals surface area contributed by atoms with Gasteiger partial charge in [-0.25, -0.2) is 0 Å². The molecule has 0 heterocycles. The normalized spacial score (nSPS) is 10.4. The third kappa shape index (κ3) is 2.72. The Morgan fingerprint density at radius 3 is 1.70 bits per heavy atom. The molecular weight excluding hydrogens is 146 g/mol. The number of rotatable bonds is 3. The Morgan fingerprint density at radius 2 is 1.70 bits per heavy atom. The van der Waals surface area contributed by atoms with Gasteiger partial charge in [0.2, 0.25) is 0 Å². The van der Waals surface area contributed by atoms with E-state index in [4.69, 9.17) is 5.73 Å². The van der Waals surface area contributed by atoms with Gasteiger partial charge in [-0.05, 0) is 19.8 Å². The molecule has 0 spiro atoms. The van der Waals surface area contributed by atoms with Crippen LogP contribution in [0.2, 0.25) is 0 Å². The third-order valence-electron chi connectivity index (χ3n) is 2.11. The molecule has 0 atom stereocenters. The van der Waals surface area contributed by atoms with Crippen molar-refractivity contribution in [1.82, 2.24) is 0 Å². The largest absolute Gasteiger partial charge is 0.322 e. The summed E-state index contributed by atoms with van der Waals surface area (Å²) in [4.78, 5) is 0. The van der Waals surface area contributed by atoms with Gasteiger partial charge in [-0.1, -0.05) is 26.0 Å². The third-order valence-corrected chi connectivity index (χ3v) is 2.11. The van der Waals surface area contributed by atoms with Crippen molar-refractivity contribution in [3.63, 3.8) is 0 Å². The first-order chi connectivity index (χ1) is 4.06. The molecule has 0 amide bonds. The maximum atomic E-state index is 5.94. The summed E-state index contributed by atoms with van der Waals surface area (Å²) in [5.41, 5.74) is 6.92. The zero-order valence-corrected chi connectivity index (χ0v) is 7.92.